The molecule has 63 heavy (non-hydrogen) atoms. The average Bonchev–Trinajstić information content (AvgIpc) is 3.61. The molecule has 0 unspecified atom stereocenters. The van der Waals surface area contributed by atoms with Crippen LogP contribution in [0.1, 0.15) is 17.0 Å². The maximum atomic E-state index is 12.6. The van der Waals surface area contributed by atoms with E-state index in [0.717, 1.165) is 6.54 Å². The standard InChI is InChI=1S/C46H76N2O15/c1-47(2)12-14-50-16-18-52-20-22-54-24-26-56-28-30-58-32-34-60-36-38-62-39-37-61-35-33-59-31-29-57-27-25-55-23-21-53-19-17-51-15-13-48(3)46(49)63-40-45-43-10-6-4-8-41(43)42-9-5-7-11-44(42)45/h4-11,45H,12-40H2,1-3H3. The molecular weight excluding hydrogens is 821 g/mol. The van der Waals surface area contributed by atoms with E-state index in [1.165, 1.54) is 27.2 Å². The van der Waals surface area contributed by atoms with E-state index in [2.05, 4.69) is 29.2 Å². The molecule has 2 aromatic rings. The Balaban J connectivity index is 0.928. The molecule has 0 atom stereocenters. The molecule has 0 fully saturated rings. The van der Waals surface area contributed by atoms with Gasteiger partial charge in [0.1, 0.15) is 6.61 Å². The predicted molar refractivity (Wildman–Crippen MR) is 237 cm³/mol. The van der Waals surface area contributed by atoms with E-state index in [1.807, 2.05) is 38.4 Å². The van der Waals surface area contributed by atoms with Crippen LogP contribution in [-0.4, -0.2) is 229 Å². The van der Waals surface area contributed by atoms with Crippen molar-refractivity contribution in [1.29, 1.82) is 0 Å². The van der Waals surface area contributed by atoms with Crippen LogP contribution in [-0.2, 0) is 66.3 Å². The van der Waals surface area contributed by atoms with Gasteiger partial charge in [-0.1, -0.05) is 48.5 Å². The Hall–Kier alpha value is -2.85. The summed E-state index contributed by atoms with van der Waals surface area (Å²) >= 11 is 0. The number of likely N-dealkylation sites (N-methyl/N-ethyl adjacent to an activating group) is 2. The lowest BCUT2D eigenvalue weighted by molar-refractivity contribution is -0.0291. The van der Waals surface area contributed by atoms with Gasteiger partial charge in [0, 0.05) is 26.1 Å². The Kier molecular flexibility index (Phi) is 33.2. The SMILES string of the molecule is CN(C)CCOCCOCCOCCOCCOCCOCCOCCOCCOCCOCCOCCOCCOCCN(C)C(=O)OCC1c2ccccc2-c2ccccc21. The lowest BCUT2D eigenvalue weighted by atomic mass is 9.98. The van der Waals surface area contributed by atoms with E-state index < -0.39 is 0 Å². The number of carbonyl (C=O) groups excluding carboxylic acids is 1. The van der Waals surface area contributed by atoms with E-state index in [4.69, 9.17) is 66.3 Å². The van der Waals surface area contributed by atoms with E-state index in [-0.39, 0.29) is 12.0 Å². The molecule has 17 heteroatoms. The molecule has 0 aromatic heterocycles. The van der Waals surface area contributed by atoms with Crippen molar-refractivity contribution in [3.05, 3.63) is 59.7 Å². The molecular formula is C46H76N2O15. The summed E-state index contributed by atoms with van der Waals surface area (Å²) in [5.41, 5.74) is 4.79. The fourth-order valence-corrected chi connectivity index (χ4v) is 5.99. The van der Waals surface area contributed by atoms with Crippen molar-refractivity contribution in [2.45, 2.75) is 5.92 Å². The molecule has 1 aliphatic carbocycles. The van der Waals surface area contributed by atoms with Gasteiger partial charge >= 0.3 is 6.09 Å². The summed E-state index contributed by atoms with van der Waals surface area (Å²) in [6.07, 6.45) is -0.366. The van der Waals surface area contributed by atoms with Crippen LogP contribution >= 0.6 is 0 Å². The smallest absolute Gasteiger partial charge is 0.409 e. The van der Waals surface area contributed by atoms with Crippen LogP contribution < -0.4 is 0 Å². The first-order valence-corrected chi connectivity index (χ1v) is 22.3. The molecule has 0 bridgehead atoms. The normalized spacial score (nSPS) is 12.3. The summed E-state index contributed by atoms with van der Waals surface area (Å²) < 4.78 is 77.4. The van der Waals surface area contributed by atoms with Crippen molar-refractivity contribution in [3.63, 3.8) is 0 Å². The van der Waals surface area contributed by atoms with Gasteiger partial charge in [-0.25, -0.2) is 4.79 Å². The Morgan fingerprint density at radius 2 is 0.635 bits per heavy atom. The summed E-state index contributed by atoms with van der Waals surface area (Å²) in [6.45, 7) is 14.7. The first-order chi connectivity index (χ1) is 31.1. The van der Waals surface area contributed by atoms with Crippen LogP contribution in [0.5, 0.6) is 0 Å². The number of hydrogen-bond acceptors (Lipinski definition) is 16. The predicted octanol–water partition coefficient (Wildman–Crippen LogP) is 3.64. The number of fused-ring (bicyclic) bond motifs is 3. The number of carbonyl (C=O) groups is 1. The fourth-order valence-electron chi connectivity index (χ4n) is 5.99. The minimum absolute atomic E-state index is 0.0356. The highest BCUT2D eigenvalue weighted by atomic mass is 16.6. The molecule has 0 saturated heterocycles. The van der Waals surface area contributed by atoms with Gasteiger partial charge in [-0.2, -0.15) is 0 Å². The van der Waals surface area contributed by atoms with Gasteiger partial charge in [-0.3, -0.25) is 0 Å². The molecule has 0 N–H and O–H groups in total. The van der Waals surface area contributed by atoms with Crippen LogP contribution in [0.4, 0.5) is 4.79 Å². The molecule has 0 aliphatic heterocycles. The third-order valence-electron chi connectivity index (χ3n) is 9.37. The first-order valence-electron chi connectivity index (χ1n) is 22.3. The van der Waals surface area contributed by atoms with Crippen molar-refractivity contribution in [3.8, 4) is 11.1 Å². The largest absolute Gasteiger partial charge is 0.448 e. The number of benzene rings is 2. The molecule has 0 saturated carbocycles. The van der Waals surface area contributed by atoms with Crippen molar-refractivity contribution in [2.75, 3.05) is 213 Å². The minimum atomic E-state index is -0.366. The van der Waals surface area contributed by atoms with Crippen molar-refractivity contribution >= 4 is 6.09 Å². The molecule has 2 aromatic carbocycles. The van der Waals surface area contributed by atoms with Crippen molar-refractivity contribution in [1.82, 2.24) is 9.80 Å². The second-order valence-electron chi connectivity index (χ2n) is 14.5. The molecule has 0 heterocycles. The lowest BCUT2D eigenvalue weighted by Crippen LogP contribution is -2.32. The Morgan fingerprint density at radius 1 is 0.381 bits per heavy atom. The summed E-state index contributed by atoms with van der Waals surface area (Å²) in [5.74, 6) is 0.0356. The van der Waals surface area contributed by atoms with E-state index in [0.29, 0.717) is 185 Å². The highest BCUT2D eigenvalue weighted by Crippen LogP contribution is 2.44. The number of hydrogen-bond donors (Lipinski definition) is 0. The summed E-state index contributed by atoms with van der Waals surface area (Å²) in [7, 11) is 5.75. The highest BCUT2D eigenvalue weighted by molar-refractivity contribution is 5.79. The second kappa shape index (κ2) is 38.4. The molecule has 1 aliphatic rings. The highest BCUT2D eigenvalue weighted by Gasteiger charge is 2.29. The van der Waals surface area contributed by atoms with Crippen molar-refractivity contribution in [2.24, 2.45) is 0 Å². The number of ether oxygens (including phenoxy) is 14. The third-order valence-corrected chi connectivity index (χ3v) is 9.37. The maximum absolute atomic E-state index is 12.6. The molecule has 17 nitrogen and oxygen atoms in total. The molecule has 0 spiro atoms. The van der Waals surface area contributed by atoms with Gasteiger partial charge in [-0.05, 0) is 36.3 Å². The summed E-state index contributed by atoms with van der Waals surface area (Å²) in [5, 5.41) is 0. The minimum Gasteiger partial charge on any atom is -0.448 e. The molecule has 3 rings (SSSR count). The van der Waals surface area contributed by atoms with Gasteiger partial charge in [0.15, 0.2) is 0 Å². The zero-order chi connectivity index (χ0) is 44.7. The average molecular weight is 897 g/mol. The molecule has 0 radical (unpaired) electrons. The van der Waals surface area contributed by atoms with Crippen LogP contribution in [0.3, 0.4) is 0 Å². The zero-order valence-electron chi connectivity index (χ0n) is 38.2. The quantitative estimate of drug-likeness (QED) is 0.0890. The third kappa shape index (κ3) is 27.3. The second-order valence-corrected chi connectivity index (χ2v) is 14.5. The van der Waals surface area contributed by atoms with Gasteiger partial charge in [0.05, 0.1) is 172 Å². The molecule has 360 valence electrons. The Labute approximate surface area is 375 Å². The van der Waals surface area contributed by atoms with Crippen molar-refractivity contribution < 1.29 is 71.1 Å². The van der Waals surface area contributed by atoms with Gasteiger partial charge < -0.3 is 76.1 Å². The van der Waals surface area contributed by atoms with Crippen LogP contribution in [0.15, 0.2) is 48.5 Å². The van der Waals surface area contributed by atoms with E-state index in [9.17, 15) is 4.79 Å². The Morgan fingerprint density at radius 3 is 0.921 bits per heavy atom. The van der Waals surface area contributed by atoms with Gasteiger partial charge in [0.2, 0.25) is 0 Å². The first kappa shape index (κ1) is 54.5. The summed E-state index contributed by atoms with van der Waals surface area (Å²) in [6, 6.07) is 16.6. The van der Waals surface area contributed by atoms with E-state index >= 15 is 0 Å². The monoisotopic (exact) mass is 897 g/mol. The fraction of sp³-hybridized carbons (Fsp3) is 0.717. The Bertz CT molecular complexity index is 1330. The van der Waals surface area contributed by atoms with Gasteiger partial charge in [0.25, 0.3) is 0 Å². The zero-order valence-corrected chi connectivity index (χ0v) is 38.2. The van der Waals surface area contributed by atoms with Crippen LogP contribution in [0.2, 0.25) is 0 Å². The summed E-state index contributed by atoms with van der Waals surface area (Å²) in [4.78, 5) is 16.2. The number of amides is 1. The maximum Gasteiger partial charge on any atom is 0.409 e. The number of rotatable bonds is 44. The number of nitrogens with zero attached hydrogens (tertiary/aromatic N) is 2. The van der Waals surface area contributed by atoms with Gasteiger partial charge in [-0.15, -0.1) is 0 Å². The lowest BCUT2D eigenvalue weighted by Gasteiger charge is -2.19. The van der Waals surface area contributed by atoms with Crippen LogP contribution in [0, 0.1) is 0 Å². The topological polar surface area (TPSA) is 153 Å². The molecule has 1 amide bonds. The van der Waals surface area contributed by atoms with Crippen LogP contribution in [0.25, 0.3) is 11.1 Å². The van der Waals surface area contributed by atoms with E-state index in [1.54, 1.807) is 7.05 Å².